The summed E-state index contributed by atoms with van der Waals surface area (Å²) >= 11 is 6.94. The summed E-state index contributed by atoms with van der Waals surface area (Å²) in [6.07, 6.45) is 0.919. The van der Waals surface area contributed by atoms with Crippen LogP contribution in [0.5, 0.6) is 5.75 Å². The van der Waals surface area contributed by atoms with E-state index in [-0.39, 0.29) is 18.4 Å². The number of amides is 2. The molecule has 0 saturated carbocycles. The Morgan fingerprint density at radius 2 is 1.86 bits per heavy atom. The predicted octanol–water partition coefficient (Wildman–Crippen LogP) is 4.71. The number of halogens is 2. The highest BCUT2D eigenvalue weighted by atomic mass is 79.9. The van der Waals surface area contributed by atoms with E-state index in [2.05, 4.69) is 44.1 Å². The molecule has 2 amide bonds. The Kier molecular flexibility index (Phi) is 9.17. The Balaban J connectivity index is 2.15. The molecule has 0 aliphatic heterocycles. The number of rotatable bonds is 9. The van der Waals surface area contributed by atoms with Gasteiger partial charge >= 0.3 is 0 Å². The van der Waals surface area contributed by atoms with Gasteiger partial charge in [-0.25, -0.2) is 0 Å². The number of aryl methyl sites for hydroxylation is 1. The van der Waals surface area contributed by atoms with Crippen LogP contribution in [0, 0.1) is 0 Å². The molecule has 7 heteroatoms. The maximum atomic E-state index is 13.0. The molecule has 29 heavy (non-hydrogen) atoms. The highest BCUT2D eigenvalue weighted by Crippen LogP contribution is 2.26. The molecule has 0 fully saturated rings. The molecule has 0 radical (unpaired) electrons. The fourth-order valence-electron chi connectivity index (χ4n) is 2.84. The van der Waals surface area contributed by atoms with Crippen molar-refractivity contribution in [2.24, 2.45) is 0 Å². The molecule has 2 aromatic carbocycles. The first-order chi connectivity index (χ1) is 13.8. The van der Waals surface area contributed by atoms with Gasteiger partial charge in [-0.15, -0.1) is 0 Å². The highest BCUT2D eigenvalue weighted by molar-refractivity contribution is 9.10. The van der Waals surface area contributed by atoms with Crippen molar-refractivity contribution in [3.63, 3.8) is 0 Å². The number of hydrogen-bond donors (Lipinski definition) is 1. The first kappa shape index (κ1) is 23.4. The Bertz CT molecular complexity index is 858. The van der Waals surface area contributed by atoms with Gasteiger partial charge in [-0.05, 0) is 71.6 Å². The van der Waals surface area contributed by atoms with E-state index in [9.17, 15) is 9.59 Å². The van der Waals surface area contributed by atoms with E-state index in [1.807, 2.05) is 49.4 Å². The zero-order valence-electron chi connectivity index (χ0n) is 16.9. The van der Waals surface area contributed by atoms with Gasteiger partial charge in [0.15, 0.2) is 6.61 Å². The lowest BCUT2D eigenvalue weighted by Gasteiger charge is -2.28. The maximum absolute atomic E-state index is 13.0. The van der Waals surface area contributed by atoms with Crippen LogP contribution in [0.4, 0.5) is 0 Å². The van der Waals surface area contributed by atoms with Gasteiger partial charge in [-0.1, -0.05) is 41.1 Å². The van der Waals surface area contributed by atoms with Crippen molar-refractivity contribution in [3.8, 4) is 5.75 Å². The molecular formula is C22H26Br2N2O3. The molecular weight excluding hydrogens is 500 g/mol. The van der Waals surface area contributed by atoms with Crippen LogP contribution in [-0.2, 0) is 22.6 Å². The van der Waals surface area contributed by atoms with Crippen LogP contribution < -0.4 is 10.1 Å². The van der Waals surface area contributed by atoms with E-state index < -0.39 is 6.04 Å². The van der Waals surface area contributed by atoms with Crippen LogP contribution >= 0.6 is 31.9 Å². The van der Waals surface area contributed by atoms with Gasteiger partial charge in [-0.2, -0.15) is 0 Å². The SMILES string of the molecule is CCNC(=O)C(C)N(Cc1cccc(Br)c1)C(=O)COc1ccc(CC)cc1Br. The Morgan fingerprint density at radius 1 is 1.10 bits per heavy atom. The summed E-state index contributed by atoms with van der Waals surface area (Å²) in [5.74, 6) is 0.156. The molecule has 2 rings (SSSR count). The number of ether oxygens (including phenoxy) is 1. The number of carbonyl (C=O) groups excluding carboxylic acids is 2. The first-order valence-corrected chi connectivity index (χ1v) is 11.2. The summed E-state index contributed by atoms with van der Waals surface area (Å²) in [5, 5.41) is 2.78. The number of benzene rings is 2. The average Bonchev–Trinajstić information content (AvgIpc) is 2.70. The fourth-order valence-corrected chi connectivity index (χ4v) is 3.83. The quantitative estimate of drug-likeness (QED) is 0.516. The Labute approximate surface area is 189 Å². The zero-order chi connectivity index (χ0) is 21.4. The van der Waals surface area contributed by atoms with Gasteiger partial charge in [0, 0.05) is 17.6 Å². The van der Waals surface area contributed by atoms with Crippen molar-refractivity contribution in [2.75, 3.05) is 13.2 Å². The highest BCUT2D eigenvalue weighted by Gasteiger charge is 2.26. The molecule has 0 aromatic heterocycles. The molecule has 0 saturated heterocycles. The second-order valence-corrected chi connectivity index (χ2v) is 8.40. The van der Waals surface area contributed by atoms with E-state index in [4.69, 9.17) is 4.74 Å². The van der Waals surface area contributed by atoms with Gasteiger partial charge in [0.25, 0.3) is 5.91 Å². The number of carbonyl (C=O) groups is 2. The van der Waals surface area contributed by atoms with E-state index in [1.165, 1.54) is 5.56 Å². The second-order valence-electron chi connectivity index (χ2n) is 6.63. The molecule has 1 atom stereocenters. The van der Waals surface area contributed by atoms with E-state index in [0.717, 1.165) is 20.9 Å². The van der Waals surface area contributed by atoms with Crippen LogP contribution in [0.15, 0.2) is 51.4 Å². The fraction of sp³-hybridized carbons (Fsp3) is 0.364. The molecule has 1 N–H and O–H groups in total. The molecule has 5 nitrogen and oxygen atoms in total. The normalized spacial score (nSPS) is 11.6. The molecule has 0 aliphatic carbocycles. The minimum Gasteiger partial charge on any atom is -0.483 e. The van der Waals surface area contributed by atoms with Crippen LogP contribution in [0.3, 0.4) is 0 Å². The summed E-state index contributed by atoms with van der Waals surface area (Å²) in [7, 11) is 0. The molecule has 0 aliphatic rings. The number of hydrogen-bond acceptors (Lipinski definition) is 3. The van der Waals surface area contributed by atoms with Crippen LogP contribution in [0.25, 0.3) is 0 Å². The first-order valence-electron chi connectivity index (χ1n) is 9.58. The average molecular weight is 526 g/mol. The van der Waals surface area contributed by atoms with E-state index in [0.29, 0.717) is 18.8 Å². The summed E-state index contributed by atoms with van der Waals surface area (Å²) in [5.41, 5.74) is 2.11. The third kappa shape index (κ3) is 6.85. The lowest BCUT2D eigenvalue weighted by atomic mass is 10.1. The zero-order valence-corrected chi connectivity index (χ0v) is 20.0. The van der Waals surface area contributed by atoms with E-state index >= 15 is 0 Å². The van der Waals surface area contributed by atoms with Crippen molar-refractivity contribution in [1.29, 1.82) is 0 Å². The lowest BCUT2D eigenvalue weighted by molar-refractivity contribution is -0.142. The Morgan fingerprint density at radius 3 is 2.48 bits per heavy atom. The summed E-state index contributed by atoms with van der Waals surface area (Å²) in [4.78, 5) is 26.9. The minimum absolute atomic E-state index is 0.151. The van der Waals surface area contributed by atoms with Crippen LogP contribution in [-0.4, -0.2) is 35.9 Å². The van der Waals surface area contributed by atoms with Crippen molar-refractivity contribution in [1.82, 2.24) is 10.2 Å². The molecule has 0 heterocycles. The van der Waals surface area contributed by atoms with Gasteiger partial charge in [-0.3, -0.25) is 9.59 Å². The van der Waals surface area contributed by atoms with Crippen molar-refractivity contribution in [2.45, 2.75) is 39.8 Å². The largest absolute Gasteiger partial charge is 0.483 e. The number of nitrogens with zero attached hydrogens (tertiary/aromatic N) is 1. The summed E-state index contributed by atoms with van der Waals surface area (Å²) in [6.45, 7) is 6.33. The van der Waals surface area contributed by atoms with Crippen molar-refractivity contribution >= 4 is 43.7 Å². The van der Waals surface area contributed by atoms with Gasteiger partial charge < -0.3 is 15.0 Å². The smallest absolute Gasteiger partial charge is 0.261 e. The van der Waals surface area contributed by atoms with Crippen molar-refractivity contribution < 1.29 is 14.3 Å². The van der Waals surface area contributed by atoms with Gasteiger partial charge in [0.05, 0.1) is 4.47 Å². The number of likely N-dealkylation sites (N-methyl/N-ethyl adjacent to an activating group) is 1. The molecule has 1 unspecified atom stereocenters. The maximum Gasteiger partial charge on any atom is 0.261 e. The van der Waals surface area contributed by atoms with Gasteiger partial charge in [0.1, 0.15) is 11.8 Å². The van der Waals surface area contributed by atoms with E-state index in [1.54, 1.807) is 11.8 Å². The van der Waals surface area contributed by atoms with Crippen LogP contribution in [0.2, 0.25) is 0 Å². The van der Waals surface area contributed by atoms with Crippen LogP contribution in [0.1, 0.15) is 31.9 Å². The van der Waals surface area contributed by atoms with Gasteiger partial charge in [0.2, 0.25) is 5.91 Å². The molecule has 0 bridgehead atoms. The third-order valence-electron chi connectivity index (χ3n) is 4.52. The standard InChI is InChI=1S/C22H26Br2N2O3/c1-4-16-9-10-20(19(24)12-16)29-14-21(27)26(15(3)22(28)25-5-2)13-17-7-6-8-18(23)11-17/h6-12,15H,4-5,13-14H2,1-3H3,(H,25,28). The predicted molar refractivity (Wildman–Crippen MR) is 122 cm³/mol. The number of nitrogens with one attached hydrogen (secondary N) is 1. The molecule has 2 aromatic rings. The Hall–Kier alpha value is -1.86. The molecule has 0 spiro atoms. The molecule has 156 valence electrons. The monoisotopic (exact) mass is 524 g/mol. The van der Waals surface area contributed by atoms with Crippen molar-refractivity contribution in [3.05, 3.63) is 62.5 Å². The second kappa shape index (κ2) is 11.4. The third-order valence-corrected chi connectivity index (χ3v) is 5.63. The minimum atomic E-state index is -0.615. The topological polar surface area (TPSA) is 58.6 Å². The lowest BCUT2D eigenvalue weighted by Crippen LogP contribution is -2.49. The summed E-state index contributed by atoms with van der Waals surface area (Å²) < 4.78 is 7.48. The summed E-state index contributed by atoms with van der Waals surface area (Å²) in [6, 6.07) is 12.9.